The predicted molar refractivity (Wildman–Crippen MR) is 62.3 cm³/mol. The first-order valence-corrected chi connectivity index (χ1v) is 5.99. The number of ketones is 1. The van der Waals surface area contributed by atoms with Crippen LogP contribution in [0, 0.1) is 5.92 Å². The Balaban J connectivity index is 2.24. The van der Waals surface area contributed by atoms with Gasteiger partial charge in [0.25, 0.3) is 0 Å². The summed E-state index contributed by atoms with van der Waals surface area (Å²) in [6.45, 7) is 3.89. The van der Waals surface area contributed by atoms with E-state index in [2.05, 4.69) is 5.10 Å². The van der Waals surface area contributed by atoms with Gasteiger partial charge in [-0.1, -0.05) is 0 Å². The number of rotatable bonds is 4. The minimum atomic E-state index is -0.0559. The number of aromatic nitrogens is 2. The summed E-state index contributed by atoms with van der Waals surface area (Å²) in [5.41, 5.74) is 0.575. The summed E-state index contributed by atoms with van der Waals surface area (Å²) in [7, 11) is 1.56. The fraction of sp³-hybridized carbons (Fsp3) is 0.667. The maximum atomic E-state index is 12.4. The molecule has 1 atom stereocenters. The molecule has 1 aromatic heterocycles. The van der Waals surface area contributed by atoms with Crippen LogP contribution in [0.1, 0.15) is 30.3 Å². The number of nitrogens with zero attached hydrogens (tertiary/aromatic N) is 2. The van der Waals surface area contributed by atoms with E-state index in [0.717, 1.165) is 19.4 Å². The fourth-order valence-electron chi connectivity index (χ4n) is 2.15. The highest BCUT2D eigenvalue weighted by Crippen LogP contribution is 2.25. The molecule has 5 nitrogen and oxygen atoms in total. The predicted octanol–water partition coefficient (Wildman–Crippen LogP) is 1.52. The van der Waals surface area contributed by atoms with Gasteiger partial charge in [0.05, 0.1) is 19.9 Å². The zero-order valence-electron chi connectivity index (χ0n) is 10.3. The van der Waals surface area contributed by atoms with Crippen molar-refractivity contribution in [1.29, 1.82) is 0 Å². The lowest BCUT2D eigenvalue weighted by Crippen LogP contribution is -2.27. The van der Waals surface area contributed by atoms with Crippen LogP contribution in [0.4, 0.5) is 0 Å². The monoisotopic (exact) mass is 238 g/mol. The molecule has 0 radical (unpaired) electrons. The molecule has 94 valence electrons. The largest absolute Gasteiger partial charge is 0.493 e. The average molecular weight is 238 g/mol. The smallest absolute Gasteiger partial charge is 0.190 e. The maximum absolute atomic E-state index is 12.4. The van der Waals surface area contributed by atoms with Crippen LogP contribution in [-0.2, 0) is 11.3 Å². The van der Waals surface area contributed by atoms with Crippen LogP contribution in [0.15, 0.2) is 6.20 Å². The Morgan fingerprint density at radius 1 is 1.71 bits per heavy atom. The van der Waals surface area contributed by atoms with E-state index in [9.17, 15) is 4.79 Å². The van der Waals surface area contributed by atoms with Crippen molar-refractivity contribution in [2.75, 3.05) is 20.3 Å². The van der Waals surface area contributed by atoms with Crippen LogP contribution in [0.3, 0.4) is 0 Å². The van der Waals surface area contributed by atoms with Crippen LogP contribution in [0.25, 0.3) is 0 Å². The third kappa shape index (κ3) is 2.34. The third-order valence-electron chi connectivity index (χ3n) is 3.09. The summed E-state index contributed by atoms with van der Waals surface area (Å²) in [6.07, 6.45) is 3.43. The number of aryl methyl sites for hydroxylation is 1. The highest BCUT2D eigenvalue weighted by molar-refractivity contribution is 5.98. The lowest BCUT2D eigenvalue weighted by atomic mass is 9.95. The number of ether oxygens (including phenoxy) is 2. The number of carbonyl (C=O) groups is 1. The second-order valence-electron chi connectivity index (χ2n) is 4.16. The van der Waals surface area contributed by atoms with Crippen molar-refractivity contribution >= 4 is 5.78 Å². The molecular formula is C12H18N2O3. The highest BCUT2D eigenvalue weighted by atomic mass is 16.5. The van der Waals surface area contributed by atoms with Crippen LogP contribution in [0.2, 0.25) is 0 Å². The Kier molecular flexibility index (Phi) is 3.78. The zero-order chi connectivity index (χ0) is 12.3. The van der Waals surface area contributed by atoms with Gasteiger partial charge in [-0.3, -0.25) is 9.48 Å². The molecule has 1 aliphatic rings. The molecule has 1 saturated heterocycles. The molecule has 1 aliphatic heterocycles. The summed E-state index contributed by atoms with van der Waals surface area (Å²) in [5, 5.41) is 4.15. The quantitative estimate of drug-likeness (QED) is 0.746. The van der Waals surface area contributed by atoms with Gasteiger partial charge in [0.2, 0.25) is 0 Å². The van der Waals surface area contributed by atoms with Gasteiger partial charge in [-0.2, -0.15) is 5.10 Å². The van der Waals surface area contributed by atoms with Gasteiger partial charge >= 0.3 is 0 Å². The normalized spacial score (nSPS) is 20.2. The fourth-order valence-corrected chi connectivity index (χ4v) is 2.15. The second-order valence-corrected chi connectivity index (χ2v) is 4.16. The molecule has 0 N–H and O–H groups in total. The lowest BCUT2D eigenvalue weighted by Gasteiger charge is -2.21. The molecular weight excluding hydrogens is 220 g/mol. The summed E-state index contributed by atoms with van der Waals surface area (Å²) < 4.78 is 12.2. The van der Waals surface area contributed by atoms with Crippen molar-refractivity contribution in [2.45, 2.75) is 26.3 Å². The van der Waals surface area contributed by atoms with Crippen LogP contribution < -0.4 is 4.74 Å². The summed E-state index contributed by atoms with van der Waals surface area (Å²) in [4.78, 5) is 12.4. The van der Waals surface area contributed by atoms with Crippen molar-refractivity contribution in [3.05, 3.63) is 11.9 Å². The topological polar surface area (TPSA) is 53.4 Å². The van der Waals surface area contributed by atoms with Crippen LogP contribution in [0.5, 0.6) is 5.75 Å². The minimum Gasteiger partial charge on any atom is -0.493 e. The molecule has 0 saturated carbocycles. The Morgan fingerprint density at radius 3 is 3.12 bits per heavy atom. The molecule has 1 aromatic rings. The maximum Gasteiger partial charge on any atom is 0.190 e. The Labute approximate surface area is 101 Å². The molecule has 0 spiro atoms. The van der Waals surface area contributed by atoms with E-state index in [1.165, 1.54) is 0 Å². The van der Waals surface area contributed by atoms with Crippen molar-refractivity contribution in [2.24, 2.45) is 5.92 Å². The number of carbonyl (C=O) groups excluding carboxylic acids is 1. The molecule has 5 heteroatoms. The minimum absolute atomic E-state index is 0.0559. The second kappa shape index (κ2) is 5.31. The molecule has 2 rings (SSSR count). The van der Waals surface area contributed by atoms with Crippen LogP contribution >= 0.6 is 0 Å². The molecule has 1 unspecified atom stereocenters. The van der Waals surface area contributed by atoms with Gasteiger partial charge in [-0.05, 0) is 19.8 Å². The van der Waals surface area contributed by atoms with E-state index in [1.54, 1.807) is 18.0 Å². The van der Waals surface area contributed by atoms with E-state index in [0.29, 0.717) is 24.6 Å². The van der Waals surface area contributed by atoms with E-state index in [1.807, 2.05) is 6.92 Å². The first-order valence-electron chi connectivity index (χ1n) is 5.99. The average Bonchev–Trinajstić information content (AvgIpc) is 2.81. The van der Waals surface area contributed by atoms with Crippen LogP contribution in [-0.4, -0.2) is 35.9 Å². The molecule has 0 aliphatic carbocycles. The lowest BCUT2D eigenvalue weighted by molar-refractivity contribution is 0.0452. The Morgan fingerprint density at radius 2 is 2.53 bits per heavy atom. The highest BCUT2D eigenvalue weighted by Gasteiger charge is 2.28. The van der Waals surface area contributed by atoms with Crippen molar-refractivity contribution in [3.8, 4) is 5.75 Å². The molecule has 0 aromatic carbocycles. The third-order valence-corrected chi connectivity index (χ3v) is 3.09. The Hall–Kier alpha value is -1.36. The first kappa shape index (κ1) is 12.1. The van der Waals surface area contributed by atoms with Gasteiger partial charge in [-0.25, -0.2) is 0 Å². The summed E-state index contributed by atoms with van der Waals surface area (Å²) in [5.74, 6) is 0.586. The van der Waals surface area contributed by atoms with Crippen molar-refractivity contribution in [1.82, 2.24) is 9.78 Å². The number of methoxy groups -OCH3 is 1. The molecule has 17 heavy (non-hydrogen) atoms. The van der Waals surface area contributed by atoms with Crippen molar-refractivity contribution in [3.63, 3.8) is 0 Å². The van der Waals surface area contributed by atoms with Gasteiger partial charge < -0.3 is 9.47 Å². The SMILES string of the molecule is CCn1ncc(OC)c1C(=O)C1CCCOC1. The van der Waals surface area contributed by atoms with Gasteiger partial charge in [0.15, 0.2) is 11.5 Å². The standard InChI is InChI=1S/C12H18N2O3/c1-3-14-11(10(16-2)7-13-14)12(15)9-5-4-6-17-8-9/h7,9H,3-6,8H2,1-2H3. The van der Waals surface area contributed by atoms with E-state index in [4.69, 9.17) is 9.47 Å². The van der Waals surface area contributed by atoms with Gasteiger partial charge in [-0.15, -0.1) is 0 Å². The van der Waals surface area contributed by atoms with E-state index in [-0.39, 0.29) is 11.7 Å². The Bertz CT molecular complexity index is 373. The van der Waals surface area contributed by atoms with Gasteiger partial charge in [0, 0.05) is 19.1 Å². The van der Waals surface area contributed by atoms with E-state index >= 15 is 0 Å². The zero-order valence-corrected chi connectivity index (χ0v) is 10.3. The summed E-state index contributed by atoms with van der Waals surface area (Å²) >= 11 is 0. The molecule has 0 bridgehead atoms. The molecule has 0 amide bonds. The van der Waals surface area contributed by atoms with Crippen molar-refractivity contribution < 1.29 is 14.3 Å². The molecule has 2 heterocycles. The number of Topliss-reactive ketones (excluding diaryl/α,β-unsaturated/α-hetero) is 1. The first-order chi connectivity index (χ1) is 8.27. The number of hydrogen-bond donors (Lipinski definition) is 0. The van der Waals surface area contributed by atoms with Gasteiger partial charge in [0.1, 0.15) is 5.69 Å². The number of hydrogen-bond acceptors (Lipinski definition) is 4. The summed E-state index contributed by atoms with van der Waals surface area (Å²) in [6, 6.07) is 0. The molecule has 1 fully saturated rings. The van der Waals surface area contributed by atoms with E-state index < -0.39 is 0 Å².